The first-order valence-corrected chi connectivity index (χ1v) is 4.73. The van der Waals surface area contributed by atoms with Gasteiger partial charge in [-0.25, -0.2) is 0 Å². The van der Waals surface area contributed by atoms with Crippen LogP contribution in [0.15, 0.2) is 0 Å². The summed E-state index contributed by atoms with van der Waals surface area (Å²) in [5.74, 6) is -0.747. The predicted octanol–water partition coefficient (Wildman–Crippen LogP) is 0.300. The van der Waals surface area contributed by atoms with Crippen molar-refractivity contribution in [2.24, 2.45) is 0 Å². The Kier molecular flexibility index (Phi) is 2.25. The molecule has 2 atom stereocenters. The molecule has 0 spiro atoms. The second-order valence-electron chi connectivity index (χ2n) is 4.15. The standard InChI is InChI=1S/C9H15NO4/c1-9(2)12-5-7(13-9)6-4-8(11)14-10(6)3/h6-7H,4-5H2,1-3H3/t6-,7-/m1/s1. The highest BCUT2D eigenvalue weighted by Crippen LogP contribution is 2.29. The van der Waals surface area contributed by atoms with Gasteiger partial charge in [0, 0.05) is 7.05 Å². The number of hydrogen-bond acceptors (Lipinski definition) is 5. The summed E-state index contributed by atoms with van der Waals surface area (Å²) >= 11 is 0. The van der Waals surface area contributed by atoms with Crippen molar-refractivity contribution < 1.29 is 19.1 Å². The van der Waals surface area contributed by atoms with E-state index in [-0.39, 0.29) is 18.1 Å². The van der Waals surface area contributed by atoms with Crippen molar-refractivity contribution in [3.63, 3.8) is 0 Å². The molecule has 0 unspecified atom stereocenters. The van der Waals surface area contributed by atoms with Crippen LogP contribution in [0.5, 0.6) is 0 Å². The van der Waals surface area contributed by atoms with Crippen LogP contribution in [-0.4, -0.2) is 42.6 Å². The van der Waals surface area contributed by atoms with Gasteiger partial charge >= 0.3 is 5.97 Å². The van der Waals surface area contributed by atoms with E-state index in [1.165, 1.54) is 0 Å². The van der Waals surface area contributed by atoms with E-state index in [9.17, 15) is 4.79 Å². The molecule has 0 bridgehead atoms. The second-order valence-corrected chi connectivity index (χ2v) is 4.15. The van der Waals surface area contributed by atoms with E-state index in [0.717, 1.165) is 0 Å². The molecule has 0 saturated carbocycles. The molecule has 80 valence electrons. The number of carbonyl (C=O) groups excluding carboxylic acids is 1. The largest absolute Gasteiger partial charge is 0.368 e. The summed E-state index contributed by atoms with van der Waals surface area (Å²) in [5.41, 5.74) is 0. The van der Waals surface area contributed by atoms with Gasteiger partial charge in [0.1, 0.15) is 6.10 Å². The Morgan fingerprint density at radius 1 is 1.50 bits per heavy atom. The smallest absolute Gasteiger partial charge is 0.326 e. The Morgan fingerprint density at radius 2 is 2.21 bits per heavy atom. The summed E-state index contributed by atoms with van der Waals surface area (Å²) in [7, 11) is 1.74. The molecule has 5 heteroatoms. The van der Waals surface area contributed by atoms with Gasteiger partial charge in [-0.3, -0.25) is 4.79 Å². The topological polar surface area (TPSA) is 48.0 Å². The number of likely N-dealkylation sites (N-methyl/N-ethyl adjacent to an activating group) is 1. The summed E-state index contributed by atoms with van der Waals surface area (Å²) in [6, 6.07) is -0.0238. The number of carbonyl (C=O) groups is 1. The number of nitrogens with zero attached hydrogens (tertiary/aromatic N) is 1. The van der Waals surface area contributed by atoms with Crippen molar-refractivity contribution in [3.05, 3.63) is 0 Å². The number of hydroxylamine groups is 2. The van der Waals surface area contributed by atoms with Crippen molar-refractivity contribution in [1.29, 1.82) is 0 Å². The van der Waals surface area contributed by atoms with Gasteiger partial charge in [0.2, 0.25) is 0 Å². The molecule has 2 saturated heterocycles. The summed E-state index contributed by atoms with van der Waals surface area (Å²) < 4.78 is 11.1. The molecule has 0 aliphatic carbocycles. The van der Waals surface area contributed by atoms with Crippen molar-refractivity contribution >= 4 is 5.97 Å². The average Bonchev–Trinajstić information content (AvgIpc) is 2.55. The number of ether oxygens (including phenoxy) is 2. The molecule has 0 radical (unpaired) electrons. The molecule has 0 aromatic heterocycles. The molecule has 2 aliphatic heterocycles. The normalized spacial score (nSPS) is 37.5. The molecule has 0 N–H and O–H groups in total. The van der Waals surface area contributed by atoms with Crippen LogP contribution in [-0.2, 0) is 19.1 Å². The molecule has 0 aromatic rings. The van der Waals surface area contributed by atoms with Gasteiger partial charge in [-0.05, 0) is 13.8 Å². The van der Waals surface area contributed by atoms with Gasteiger partial charge < -0.3 is 14.3 Å². The van der Waals surface area contributed by atoms with E-state index >= 15 is 0 Å². The molecule has 0 amide bonds. The monoisotopic (exact) mass is 201 g/mol. The summed E-state index contributed by atoms with van der Waals surface area (Å²) in [6.45, 7) is 4.24. The second kappa shape index (κ2) is 3.18. The van der Waals surface area contributed by atoms with Crippen LogP contribution in [0.25, 0.3) is 0 Å². The van der Waals surface area contributed by atoms with Crippen molar-refractivity contribution in [3.8, 4) is 0 Å². The minimum Gasteiger partial charge on any atom is -0.368 e. The first-order valence-electron chi connectivity index (χ1n) is 4.73. The van der Waals surface area contributed by atoms with Crippen LogP contribution in [0.4, 0.5) is 0 Å². The van der Waals surface area contributed by atoms with E-state index in [1.807, 2.05) is 13.8 Å². The SMILES string of the molecule is CN1OC(=O)C[C@@H]1[C@H]1COC(C)(C)O1. The molecular formula is C9H15NO4. The highest BCUT2D eigenvalue weighted by Gasteiger charge is 2.43. The van der Waals surface area contributed by atoms with Crippen LogP contribution in [0.1, 0.15) is 20.3 Å². The van der Waals surface area contributed by atoms with Gasteiger partial charge in [0.25, 0.3) is 0 Å². The minimum atomic E-state index is -0.544. The lowest BCUT2D eigenvalue weighted by molar-refractivity contribution is -0.180. The maximum atomic E-state index is 11.0. The third-order valence-electron chi connectivity index (χ3n) is 2.55. The lowest BCUT2D eigenvalue weighted by atomic mass is 10.1. The van der Waals surface area contributed by atoms with Crippen molar-refractivity contribution in [1.82, 2.24) is 5.06 Å². The first kappa shape index (κ1) is 9.89. The average molecular weight is 201 g/mol. The lowest BCUT2D eigenvalue weighted by Gasteiger charge is -2.22. The zero-order valence-electron chi connectivity index (χ0n) is 8.65. The number of hydrogen-bond donors (Lipinski definition) is 0. The van der Waals surface area contributed by atoms with Crippen LogP contribution < -0.4 is 0 Å². The van der Waals surface area contributed by atoms with Crippen molar-refractivity contribution in [2.45, 2.75) is 38.2 Å². The van der Waals surface area contributed by atoms with Crippen molar-refractivity contribution in [2.75, 3.05) is 13.7 Å². The van der Waals surface area contributed by atoms with Gasteiger partial charge in [0.15, 0.2) is 5.79 Å². The highest BCUT2D eigenvalue weighted by atomic mass is 16.8. The van der Waals surface area contributed by atoms with Gasteiger partial charge in [-0.15, -0.1) is 5.06 Å². The van der Waals surface area contributed by atoms with Crippen LogP contribution in [0, 0.1) is 0 Å². The fourth-order valence-corrected chi connectivity index (χ4v) is 1.84. The quantitative estimate of drug-likeness (QED) is 0.610. The Labute approximate surface area is 82.9 Å². The van der Waals surface area contributed by atoms with Crippen LogP contribution >= 0.6 is 0 Å². The minimum absolute atomic E-state index is 0.0238. The van der Waals surface area contributed by atoms with E-state index in [0.29, 0.717) is 13.0 Å². The summed E-state index contributed by atoms with van der Waals surface area (Å²) in [4.78, 5) is 15.9. The zero-order chi connectivity index (χ0) is 10.3. The molecule has 2 fully saturated rings. The van der Waals surface area contributed by atoms with Crippen LogP contribution in [0.2, 0.25) is 0 Å². The summed E-state index contributed by atoms with van der Waals surface area (Å²) in [5, 5.41) is 1.55. The molecule has 2 rings (SSSR count). The fourth-order valence-electron chi connectivity index (χ4n) is 1.84. The Morgan fingerprint density at radius 3 is 2.64 bits per heavy atom. The first-order chi connectivity index (χ1) is 6.48. The van der Waals surface area contributed by atoms with E-state index in [2.05, 4.69) is 0 Å². The number of rotatable bonds is 1. The van der Waals surface area contributed by atoms with Crippen LogP contribution in [0.3, 0.4) is 0 Å². The molecule has 0 aromatic carbocycles. The molecule has 14 heavy (non-hydrogen) atoms. The van der Waals surface area contributed by atoms with E-state index in [4.69, 9.17) is 14.3 Å². The fraction of sp³-hybridized carbons (Fsp3) is 0.889. The van der Waals surface area contributed by atoms with E-state index < -0.39 is 5.79 Å². The van der Waals surface area contributed by atoms with Gasteiger partial charge in [-0.1, -0.05) is 0 Å². The zero-order valence-corrected chi connectivity index (χ0v) is 8.65. The molecule has 2 heterocycles. The third-order valence-corrected chi connectivity index (χ3v) is 2.55. The van der Waals surface area contributed by atoms with Gasteiger partial charge in [-0.2, -0.15) is 0 Å². The highest BCUT2D eigenvalue weighted by molar-refractivity contribution is 5.71. The Hall–Kier alpha value is -0.650. The maximum Gasteiger partial charge on any atom is 0.326 e. The molecular weight excluding hydrogens is 186 g/mol. The molecule has 5 nitrogen and oxygen atoms in total. The van der Waals surface area contributed by atoms with Gasteiger partial charge in [0.05, 0.1) is 19.1 Å². The predicted molar refractivity (Wildman–Crippen MR) is 47.2 cm³/mol. The summed E-state index contributed by atoms with van der Waals surface area (Å²) in [6.07, 6.45) is 0.294. The van der Waals surface area contributed by atoms with E-state index in [1.54, 1.807) is 12.1 Å². The maximum absolute atomic E-state index is 11.0. The Balaban J connectivity index is 2.00. The molecule has 2 aliphatic rings. The third kappa shape index (κ3) is 1.75. The lowest BCUT2D eigenvalue weighted by Crippen LogP contribution is -2.38. The Bertz CT molecular complexity index is 253.